The third kappa shape index (κ3) is 10.4. The van der Waals surface area contributed by atoms with E-state index in [9.17, 15) is 0 Å². The largest absolute Gasteiger partial charge is 0.378 e. The van der Waals surface area contributed by atoms with E-state index in [1.54, 1.807) is 0 Å². The molecule has 1 fully saturated rings. The van der Waals surface area contributed by atoms with E-state index in [-0.39, 0.29) is 0 Å². The Morgan fingerprint density at radius 3 is 2.24 bits per heavy atom. The maximum atomic E-state index is 5.20. The van der Waals surface area contributed by atoms with Crippen LogP contribution in [0, 0.1) is 5.92 Å². The molecule has 1 aliphatic heterocycles. The zero-order valence-corrected chi connectivity index (χ0v) is 12.2. The molecule has 0 spiro atoms. The first-order valence-electron chi connectivity index (χ1n) is 7.22. The third-order valence-electron chi connectivity index (χ3n) is 3.08. The topological polar surface area (TPSA) is 12.5 Å². The van der Waals surface area contributed by atoms with Crippen LogP contribution in [0.2, 0.25) is 0 Å². The van der Waals surface area contributed by atoms with Crippen molar-refractivity contribution in [3.63, 3.8) is 0 Å². The van der Waals surface area contributed by atoms with Crippen molar-refractivity contribution in [2.24, 2.45) is 5.92 Å². The van der Waals surface area contributed by atoms with Gasteiger partial charge in [-0.3, -0.25) is 0 Å². The standard InChI is InChI=1S/C8H15NO.C7H16/c1-2-3-4-9-5-7-10-8-6-9;1-4-6-7(3)5-2/h3-4H,2,5-8H2,1H3;7H,4-6H2,1-3H3/b4-3+;. The summed E-state index contributed by atoms with van der Waals surface area (Å²) < 4.78 is 5.20. The first kappa shape index (κ1) is 16.5. The summed E-state index contributed by atoms with van der Waals surface area (Å²) in [6.07, 6.45) is 9.56. The lowest BCUT2D eigenvalue weighted by Gasteiger charge is -2.24. The van der Waals surface area contributed by atoms with E-state index in [1.807, 2.05) is 0 Å². The first-order chi connectivity index (χ1) is 8.24. The lowest BCUT2D eigenvalue weighted by atomic mass is 10.0. The Labute approximate surface area is 108 Å². The van der Waals surface area contributed by atoms with Crippen LogP contribution in [0.25, 0.3) is 0 Å². The molecule has 0 radical (unpaired) electrons. The molecule has 0 amide bonds. The number of rotatable bonds is 5. The van der Waals surface area contributed by atoms with Crippen molar-refractivity contribution < 1.29 is 4.74 Å². The fraction of sp³-hybridized carbons (Fsp3) is 0.867. The number of hydrogen-bond acceptors (Lipinski definition) is 2. The van der Waals surface area contributed by atoms with Gasteiger partial charge in [0.25, 0.3) is 0 Å². The van der Waals surface area contributed by atoms with Crippen LogP contribution in [0.4, 0.5) is 0 Å². The maximum absolute atomic E-state index is 5.20. The van der Waals surface area contributed by atoms with Gasteiger partial charge in [0.05, 0.1) is 13.2 Å². The number of morpholine rings is 1. The van der Waals surface area contributed by atoms with E-state index in [4.69, 9.17) is 4.74 Å². The highest BCUT2D eigenvalue weighted by Crippen LogP contribution is 2.07. The summed E-state index contributed by atoms with van der Waals surface area (Å²) in [7, 11) is 0. The van der Waals surface area contributed by atoms with Gasteiger partial charge in [-0.25, -0.2) is 0 Å². The average molecular weight is 241 g/mol. The Morgan fingerprint density at radius 1 is 1.18 bits per heavy atom. The number of allylic oxidation sites excluding steroid dienone is 1. The van der Waals surface area contributed by atoms with Crippen molar-refractivity contribution in [2.45, 2.75) is 53.4 Å². The number of nitrogens with zero attached hydrogens (tertiary/aromatic N) is 1. The molecule has 0 bridgehead atoms. The molecule has 0 aromatic rings. The van der Waals surface area contributed by atoms with Crippen LogP contribution in [0.1, 0.15) is 53.4 Å². The Morgan fingerprint density at radius 2 is 1.82 bits per heavy atom. The monoisotopic (exact) mass is 241 g/mol. The van der Waals surface area contributed by atoms with Gasteiger partial charge in [0.1, 0.15) is 0 Å². The summed E-state index contributed by atoms with van der Waals surface area (Å²) in [5, 5.41) is 0. The fourth-order valence-corrected chi connectivity index (χ4v) is 1.68. The van der Waals surface area contributed by atoms with Gasteiger partial charge in [0.2, 0.25) is 0 Å². The maximum Gasteiger partial charge on any atom is 0.0642 e. The molecular formula is C15H31NO. The van der Waals surface area contributed by atoms with Gasteiger partial charge in [-0.05, 0) is 18.5 Å². The van der Waals surface area contributed by atoms with Crippen molar-refractivity contribution >= 4 is 0 Å². The lowest BCUT2D eigenvalue weighted by molar-refractivity contribution is 0.0593. The van der Waals surface area contributed by atoms with Crippen LogP contribution in [0.15, 0.2) is 12.3 Å². The molecule has 0 aliphatic carbocycles. The summed E-state index contributed by atoms with van der Waals surface area (Å²) in [4.78, 5) is 2.30. The first-order valence-corrected chi connectivity index (χ1v) is 7.22. The van der Waals surface area contributed by atoms with Crippen LogP contribution < -0.4 is 0 Å². The molecular weight excluding hydrogens is 210 g/mol. The van der Waals surface area contributed by atoms with E-state index in [1.165, 1.54) is 19.3 Å². The Balaban J connectivity index is 0.000000325. The molecule has 102 valence electrons. The minimum absolute atomic E-state index is 0.883. The molecule has 1 aliphatic rings. The smallest absolute Gasteiger partial charge is 0.0642 e. The molecule has 1 saturated heterocycles. The second-order valence-electron chi connectivity index (χ2n) is 4.74. The molecule has 0 saturated carbocycles. The quantitative estimate of drug-likeness (QED) is 0.719. The van der Waals surface area contributed by atoms with Gasteiger partial charge in [-0.2, -0.15) is 0 Å². The average Bonchev–Trinajstić information content (AvgIpc) is 2.38. The van der Waals surface area contributed by atoms with Crippen LogP contribution in [-0.4, -0.2) is 31.2 Å². The second kappa shape index (κ2) is 12.0. The predicted molar refractivity (Wildman–Crippen MR) is 76.2 cm³/mol. The van der Waals surface area contributed by atoms with Crippen LogP contribution >= 0.6 is 0 Å². The van der Waals surface area contributed by atoms with E-state index in [2.05, 4.69) is 44.9 Å². The summed E-state index contributed by atoms with van der Waals surface area (Å²) in [5.41, 5.74) is 0. The van der Waals surface area contributed by atoms with E-state index >= 15 is 0 Å². The Hall–Kier alpha value is -0.500. The van der Waals surface area contributed by atoms with Crippen molar-refractivity contribution in [1.29, 1.82) is 0 Å². The van der Waals surface area contributed by atoms with Crippen molar-refractivity contribution in [1.82, 2.24) is 4.90 Å². The molecule has 0 N–H and O–H groups in total. The number of ether oxygens (including phenoxy) is 1. The highest BCUT2D eigenvalue weighted by molar-refractivity contribution is 4.82. The van der Waals surface area contributed by atoms with Crippen molar-refractivity contribution in [3.05, 3.63) is 12.3 Å². The summed E-state index contributed by atoms with van der Waals surface area (Å²) >= 11 is 0. The van der Waals surface area contributed by atoms with E-state index < -0.39 is 0 Å². The van der Waals surface area contributed by atoms with Gasteiger partial charge in [0.15, 0.2) is 0 Å². The SMILES string of the molecule is CC/C=C/N1CCOCC1.CCCC(C)CC. The van der Waals surface area contributed by atoms with Crippen LogP contribution in [0.3, 0.4) is 0 Å². The van der Waals surface area contributed by atoms with Crippen LogP contribution in [0.5, 0.6) is 0 Å². The fourth-order valence-electron chi connectivity index (χ4n) is 1.68. The number of hydrogen-bond donors (Lipinski definition) is 0. The Kier molecular flexibility index (Phi) is 11.6. The minimum Gasteiger partial charge on any atom is -0.378 e. The molecule has 1 rings (SSSR count). The minimum atomic E-state index is 0.883. The molecule has 0 aromatic carbocycles. The van der Waals surface area contributed by atoms with Gasteiger partial charge in [-0.1, -0.05) is 53.0 Å². The molecule has 2 nitrogen and oxygen atoms in total. The Bertz CT molecular complexity index is 174. The van der Waals surface area contributed by atoms with Gasteiger partial charge in [-0.15, -0.1) is 0 Å². The lowest BCUT2D eigenvalue weighted by Crippen LogP contribution is -2.31. The third-order valence-corrected chi connectivity index (χ3v) is 3.08. The van der Waals surface area contributed by atoms with Gasteiger partial charge < -0.3 is 9.64 Å². The molecule has 1 unspecified atom stereocenters. The summed E-state index contributed by atoms with van der Waals surface area (Å²) in [6.45, 7) is 12.8. The zero-order chi connectivity index (χ0) is 12.9. The summed E-state index contributed by atoms with van der Waals surface area (Å²) in [6, 6.07) is 0. The summed E-state index contributed by atoms with van der Waals surface area (Å²) in [5.74, 6) is 0.949. The molecule has 2 heteroatoms. The highest BCUT2D eigenvalue weighted by atomic mass is 16.5. The van der Waals surface area contributed by atoms with Crippen LogP contribution in [-0.2, 0) is 4.74 Å². The van der Waals surface area contributed by atoms with Crippen molar-refractivity contribution in [3.8, 4) is 0 Å². The van der Waals surface area contributed by atoms with E-state index in [0.29, 0.717) is 0 Å². The molecule has 1 heterocycles. The van der Waals surface area contributed by atoms with Crippen molar-refractivity contribution in [2.75, 3.05) is 26.3 Å². The highest BCUT2D eigenvalue weighted by Gasteiger charge is 2.03. The zero-order valence-electron chi connectivity index (χ0n) is 12.2. The van der Waals surface area contributed by atoms with Gasteiger partial charge >= 0.3 is 0 Å². The molecule has 1 atom stereocenters. The van der Waals surface area contributed by atoms with E-state index in [0.717, 1.165) is 38.6 Å². The predicted octanol–water partition coefficient (Wildman–Crippen LogP) is 4.07. The normalized spacial score (nSPS) is 17.8. The molecule has 0 aromatic heterocycles. The molecule has 17 heavy (non-hydrogen) atoms. The second-order valence-corrected chi connectivity index (χ2v) is 4.74. The van der Waals surface area contributed by atoms with Gasteiger partial charge in [0, 0.05) is 13.1 Å².